The average Bonchev–Trinajstić information content (AvgIpc) is 2.28. The van der Waals surface area contributed by atoms with Crippen molar-refractivity contribution in [2.24, 2.45) is 5.73 Å². The van der Waals surface area contributed by atoms with Crippen molar-refractivity contribution in [2.45, 2.75) is 19.4 Å². The first-order valence-corrected chi connectivity index (χ1v) is 4.98. The lowest BCUT2D eigenvalue weighted by molar-refractivity contribution is 0.00939. The van der Waals surface area contributed by atoms with Crippen LogP contribution in [0.15, 0.2) is 18.2 Å². The average molecular weight is 209 g/mol. The fourth-order valence-electron chi connectivity index (χ4n) is 1.71. The van der Waals surface area contributed by atoms with Crippen LogP contribution in [0.25, 0.3) is 0 Å². The first-order valence-electron chi connectivity index (χ1n) is 4.98. The maximum absolute atomic E-state index is 5.74. The van der Waals surface area contributed by atoms with E-state index in [9.17, 15) is 0 Å². The second-order valence-electron chi connectivity index (χ2n) is 3.77. The third-order valence-electron chi connectivity index (χ3n) is 2.91. The zero-order valence-electron chi connectivity index (χ0n) is 9.83. The van der Waals surface area contributed by atoms with Crippen molar-refractivity contribution in [1.82, 2.24) is 0 Å². The van der Waals surface area contributed by atoms with Crippen molar-refractivity contribution in [3.63, 3.8) is 0 Å². The van der Waals surface area contributed by atoms with Gasteiger partial charge in [0.25, 0.3) is 0 Å². The molecular formula is C12H19NO2. The molecule has 3 nitrogen and oxygen atoms in total. The molecule has 3 heteroatoms. The molecule has 84 valence electrons. The second kappa shape index (κ2) is 4.64. The normalized spacial score (nSPS) is 14.7. The van der Waals surface area contributed by atoms with E-state index in [0.29, 0.717) is 6.54 Å². The van der Waals surface area contributed by atoms with Crippen LogP contribution in [-0.4, -0.2) is 20.8 Å². The molecule has 1 atom stereocenters. The summed E-state index contributed by atoms with van der Waals surface area (Å²) in [6.45, 7) is 4.44. The summed E-state index contributed by atoms with van der Waals surface area (Å²) in [6.07, 6.45) is 0. The molecule has 1 unspecified atom stereocenters. The van der Waals surface area contributed by atoms with E-state index in [1.54, 1.807) is 14.2 Å². The molecule has 0 bridgehead atoms. The van der Waals surface area contributed by atoms with Gasteiger partial charge in [0.05, 0.1) is 7.11 Å². The first kappa shape index (κ1) is 12.0. The molecule has 0 spiro atoms. The quantitative estimate of drug-likeness (QED) is 0.822. The largest absolute Gasteiger partial charge is 0.496 e. The Balaban J connectivity index is 3.24. The van der Waals surface area contributed by atoms with Crippen LogP contribution < -0.4 is 10.5 Å². The van der Waals surface area contributed by atoms with Crippen LogP contribution in [0.3, 0.4) is 0 Å². The molecule has 0 heterocycles. The molecule has 0 radical (unpaired) electrons. The van der Waals surface area contributed by atoms with Gasteiger partial charge in [-0.05, 0) is 31.0 Å². The van der Waals surface area contributed by atoms with E-state index in [0.717, 1.165) is 16.9 Å². The van der Waals surface area contributed by atoms with Gasteiger partial charge in [-0.3, -0.25) is 0 Å². The van der Waals surface area contributed by atoms with Crippen LogP contribution in [0, 0.1) is 6.92 Å². The first-order chi connectivity index (χ1) is 7.09. The van der Waals surface area contributed by atoms with E-state index in [1.807, 2.05) is 32.0 Å². The smallest absolute Gasteiger partial charge is 0.122 e. The molecule has 0 fully saturated rings. The van der Waals surface area contributed by atoms with Gasteiger partial charge in [0.15, 0.2) is 0 Å². The van der Waals surface area contributed by atoms with Crippen LogP contribution in [0.1, 0.15) is 18.1 Å². The number of methoxy groups -OCH3 is 2. The molecule has 0 saturated heterocycles. The van der Waals surface area contributed by atoms with Crippen molar-refractivity contribution in [3.05, 3.63) is 29.3 Å². The number of hydrogen-bond acceptors (Lipinski definition) is 3. The van der Waals surface area contributed by atoms with Gasteiger partial charge in [0.1, 0.15) is 11.4 Å². The highest BCUT2D eigenvalue weighted by Crippen LogP contribution is 2.31. The van der Waals surface area contributed by atoms with Crippen LogP contribution in [0.4, 0.5) is 0 Å². The monoisotopic (exact) mass is 209 g/mol. The summed E-state index contributed by atoms with van der Waals surface area (Å²) in [4.78, 5) is 0. The second-order valence-corrected chi connectivity index (χ2v) is 3.77. The van der Waals surface area contributed by atoms with Crippen molar-refractivity contribution < 1.29 is 9.47 Å². The Morgan fingerprint density at radius 2 is 2.00 bits per heavy atom. The Hall–Kier alpha value is -1.06. The lowest BCUT2D eigenvalue weighted by Gasteiger charge is -2.29. The predicted molar refractivity (Wildman–Crippen MR) is 61.1 cm³/mol. The Morgan fingerprint density at radius 1 is 1.33 bits per heavy atom. The molecule has 1 aromatic rings. The molecule has 0 aliphatic carbocycles. The van der Waals surface area contributed by atoms with Crippen molar-refractivity contribution in [2.75, 3.05) is 20.8 Å². The molecular weight excluding hydrogens is 190 g/mol. The summed E-state index contributed by atoms with van der Waals surface area (Å²) < 4.78 is 10.7. The van der Waals surface area contributed by atoms with Gasteiger partial charge in [-0.2, -0.15) is 0 Å². The van der Waals surface area contributed by atoms with E-state index < -0.39 is 5.60 Å². The SMILES string of the molecule is COc1cccc(C(C)(CN)OC)c1C. The van der Waals surface area contributed by atoms with Crippen molar-refractivity contribution in [3.8, 4) is 5.75 Å². The van der Waals surface area contributed by atoms with Gasteiger partial charge in [0, 0.05) is 13.7 Å². The minimum atomic E-state index is -0.446. The summed E-state index contributed by atoms with van der Waals surface area (Å²) in [7, 11) is 3.34. The fraction of sp³-hybridized carbons (Fsp3) is 0.500. The number of nitrogens with two attached hydrogens (primary N) is 1. The van der Waals surface area contributed by atoms with E-state index in [2.05, 4.69) is 0 Å². The Morgan fingerprint density at radius 3 is 2.47 bits per heavy atom. The Bertz CT molecular complexity index is 332. The summed E-state index contributed by atoms with van der Waals surface area (Å²) in [5.74, 6) is 0.865. The topological polar surface area (TPSA) is 44.5 Å². The molecule has 15 heavy (non-hydrogen) atoms. The third-order valence-corrected chi connectivity index (χ3v) is 2.91. The van der Waals surface area contributed by atoms with Crippen LogP contribution in [0.5, 0.6) is 5.75 Å². The van der Waals surface area contributed by atoms with Gasteiger partial charge in [-0.25, -0.2) is 0 Å². The fourth-order valence-corrected chi connectivity index (χ4v) is 1.71. The van der Waals surface area contributed by atoms with Gasteiger partial charge in [0.2, 0.25) is 0 Å². The van der Waals surface area contributed by atoms with Gasteiger partial charge >= 0.3 is 0 Å². The molecule has 1 rings (SSSR count). The van der Waals surface area contributed by atoms with Crippen LogP contribution >= 0.6 is 0 Å². The zero-order chi connectivity index (χ0) is 11.5. The number of benzene rings is 1. The minimum Gasteiger partial charge on any atom is -0.496 e. The molecule has 2 N–H and O–H groups in total. The highest BCUT2D eigenvalue weighted by Gasteiger charge is 2.26. The third kappa shape index (κ3) is 2.13. The van der Waals surface area contributed by atoms with E-state index in [4.69, 9.17) is 15.2 Å². The summed E-state index contributed by atoms with van der Waals surface area (Å²) in [5.41, 5.74) is 7.45. The molecule has 0 saturated carbocycles. The van der Waals surface area contributed by atoms with Crippen LogP contribution in [0.2, 0.25) is 0 Å². The highest BCUT2D eigenvalue weighted by molar-refractivity contribution is 5.42. The molecule has 0 aliphatic rings. The van der Waals surface area contributed by atoms with Crippen molar-refractivity contribution >= 4 is 0 Å². The zero-order valence-corrected chi connectivity index (χ0v) is 9.83. The molecule has 0 aliphatic heterocycles. The molecule has 0 aromatic heterocycles. The predicted octanol–water partition coefficient (Wildman–Crippen LogP) is 1.82. The number of hydrogen-bond donors (Lipinski definition) is 1. The molecule has 1 aromatic carbocycles. The van der Waals surface area contributed by atoms with Crippen molar-refractivity contribution in [1.29, 1.82) is 0 Å². The standard InChI is InChI=1S/C12H19NO2/c1-9-10(12(2,8-13)15-4)6-5-7-11(9)14-3/h5-7H,8,13H2,1-4H3. The van der Waals surface area contributed by atoms with E-state index in [1.165, 1.54) is 0 Å². The summed E-state index contributed by atoms with van der Waals surface area (Å²) >= 11 is 0. The van der Waals surface area contributed by atoms with Crippen LogP contribution in [-0.2, 0) is 10.3 Å². The minimum absolute atomic E-state index is 0.442. The van der Waals surface area contributed by atoms with E-state index in [-0.39, 0.29) is 0 Å². The Kier molecular flexibility index (Phi) is 3.72. The molecule has 0 amide bonds. The van der Waals surface area contributed by atoms with Gasteiger partial charge < -0.3 is 15.2 Å². The number of rotatable bonds is 4. The number of ether oxygens (including phenoxy) is 2. The van der Waals surface area contributed by atoms with Gasteiger partial charge in [-0.15, -0.1) is 0 Å². The summed E-state index contributed by atoms with van der Waals surface area (Å²) in [5, 5.41) is 0. The lowest BCUT2D eigenvalue weighted by atomic mass is 9.91. The van der Waals surface area contributed by atoms with E-state index >= 15 is 0 Å². The summed E-state index contributed by atoms with van der Waals surface area (Å²) in [6, 6.07) is 5.91. The van der Waals surface area contributed by atoms with Gasteiger partial charge in [-0.1, -0.05) is 12.1 Å². The maximum atomic E-state index is 5.74. The maximum Gasteiger partial charge on any atom is 0.122 e. The highest BCUT2D eigenvalue weighted by atomic mass is 16.5. The lowest BCUT2D eigenvalue weighted by Crippen LogP contribution is -2.34. The Labute approximate surface area is 91.2 Å².